The summed E-state index contributed by atoms with van der Waals surface area (Å²) in [6, 6.07) is 1.02. The molecule has 8 heteroatoms. The number of aliphatic carboxylic acids is 1. The Kier molecular flexibility index (Phi) is 5.18. The molecule has 1 aromatic carbocycles. The molecule has 20 heavy (non-hydrogen) atoms. The summed E-state index contributed by atoms with van der Waals surface area (Å²) in [4.78, 5) is 10.1. The van der Waals surface area contributed by atoms with Crippen LogP contribution in [0, 0.1) is 17.6 Å². The van der Waals surface area contributed by atoms with Gasteiger partial charge in [-0.2, -0.15) is 0 Å². The van der Waals surface area contributed by atoms with E-state index in [4.69, 9.17) is 5.11 Å². The van der Waals surface area contributed by atoms with Crippen LogP contribution < -0.4 is 4.72 Å². The summed E-state index contributed by atoms with van der Waals surface area (Å²) in [5.41, 5.74) is 0. The molecule has 0 aliphatic rings. The van der Waals surface area contributed by atoms with Gasteiger partial charge in [-0.05, 0) is 18.1 Å². The lowest BCUT2D eigenvalue weighted by atomic mass is 10.0. The smallest absolute Gasteiger partial charge is 0.304 e. The van der Waals surface area contributed by atoms with Gasteiger partial charge in [-0.1, -0.05) is 13.8 Å². The summed E-state index contributed by atoms with van der Waals surface area (Å²) in [6.45, 7) is 3.28. The Morgan fingerprint density at radius 1 is 1.25 bits per heavy atom. The molecule has 0 amide bonds. The Labute approximate surface area is 115 Å². The summed E-state index contributed by atoms with van der Waals surface area (Å²) in [5, 5.41) is 8.73. The molecule has 0 bridgehead atoms. The molecule has 1 aromatic rings. The van der Waals surface area contributed by atoms with Crippen LogP contribution in [0.15, 0.2) is 23.1 Å². The van der Waals surface area contributed by atoms with Gasteiger partial charge in [0.05, 0.1) is 11.3 Å². The molecule has 1 unspecified atom stereocenters. The number of hydrogen-bond acceptors (Lipinski definition) is 3. The zero-order chi connectivity index (χ0) is 15.5. The highest BCUT2D eigenvalue weighted by Crippen LogP contribution is 2.16. The zero-order valence-corrected chi connectivity index (χ0v) is 11.7. The van der Waals surface area contributed by atoms with E-state index in [2.05, 4.69) is 4.72 Å². The van der Waals surface area contributed by atoms with E-state index in [0.29, 0.717) is 18.2 Å². The average Bonchev–Trinajstić information content (AvgIpc) is 2.25. The van der Waals surface area contributed by atoms with E-state index in [9.17, 15) is 22.0 Å². The first kappa shape index (κ1) is 16.5. The Bertz CT molecular complexity index is 581. The van der Waals surface area contributed by atoms with Crippen molar-refractivity contribution < 1.29 is 27.1 Å². The first-order chi connectivity index (χ1) is 9.11. The number of carbonyl (C=O) groups is 1. The van der Waals surface area contributed by atoms with Crippen LogP contribution in [0.2, 0.25) is 0 Å². The second-order valence-corrected chi connectivity index (χ2v) is 6.39. The van der Waals surface area contributed by atoms with Crippen molar-refractivity contribution in [3.63, 3.8) is 0 Å². The summed E-state index contributed by atoms with van der Waals surface area (Å²) in [5.74, 6) is -3.51. The molecule has 0 saturated carbocycles. The zero-order valence-electron chi connectivity index (χ0n) is 10.9. The fourth-order valence-corrected chi connectivity index (χ4v) is 2.98. The van der Waals surface area contributed by atoms with Crippen molar-refractivity contribution >= 4 is 16.0 Å². The molecule has 0 aromatic heterocycles. The van der Waals surface area contributed by atoms with E-state index in [-0.39, 0.29) is 5.92 Å². The number of carboxylic acid groups (broad SMARTS) is 1. The monoisotopic (exact) mass is 307 g/mol. The van der Waals surface area contributed by atoms with Crippen LogP contribution >= 0.6 is 0 Å². The average molecular weight is 307 g/mol. The van der Waals surface area contributed by atoms with Crippen LogP contribution in [-0.4, -0.2) is 25.5 Å². The predicted molar refractivity (Wildman–Crippen MR) is 67.6 cm³/mol. The lowest BCUT2D eigenvalue weighted by Crippen LogP contribution is -2.40. The highest BCUT2D eigenvalue weighted by Gasteiger charge is 2.25. The molecule has 0 saturated heterocycles. The third-order valence-corrected chi connectivity index (χ3v) is 4.12. The molecule has 0 fully saturated rings. The van der Waals surface area contributed by atoms with Crippen molar-refractivity contribution in [2.75, 3.05) is 0 Å². The molecule has 2 N–H and O–H groups in total. The first-order valence-electron chi connectivity index (χ1n) is 5.82. The maximum absolute atomic E-state index is 13.0. The second kappa shape index (κ2) is 6.27. The molecule has 0 aliphatic carbocycles. The van der Waals surface area contributed by atoms with E-state index in [1.807, 2.05) is 0 Å². The van der Waals surface area contributed by atoms with Crippen LogP contribution in [0.5, 0.6) is 0 Å². The van der Waals surface area contributed by atoms with Crippen molar-refractivity contribution in [3.8, 4) is 0 Å². The number of nitrogens with one attached hydrogen (secondary N) is 1. The first-order valence-corrected chi connectivity index (χ1v) is 7.30. The Morgan fingerprint density at radius 2 is 1.75 bits per heavy atom. The number of rotatable bonds is 6. The van der Waals surface area contributed by atoms with Gasteiger partial charge in [-0.15, -0.1) is 0 Å². The fraction of sp³-hybridized carbons (Fsp3) is 0.417. The van der Waals surface area contributed by atoms with Gasteiger partial charge in [0, 0.05) is 12.1 Å². The van der Waals surface area contributed by atoms with Crippen molar-refractivity contribution in [2.24, 2.45) is 5.92 Å². The van der Waals surface area contributed by atoms with E-state index in [1.165, 1.54) is 0 Å². The van der Waals surface area contributed by atoms with Crippen LogP contribution in [0.4, 0.5) is 8.78 Å². The van der Waals surface area contributed by atoms with Gasteiger partial charge < -0.3 is 5.11 Å². The summed E-state index contributed by atoms with van der Waals surface area (Å²) in [6.07, 6.45) is -0.422. The standard InChI is InChI=1S/C12H15F2NO4S/c1-7(2)11(6-12(16)17)15-20(18,19)10-4-8(13)3-9(14)5-10/h3-5,7,11,15H,6H2,1-2H3,(H,16,17). The predicted octanol–water partition coefficient (Wildman–Crippen LogP) is 1.74. The Morgan fingerprint density at radius 3 is 2.15 bits per heavy atom. The number of sulfonamides is 1. The van der Waals surface area contributed by atoms with Gasteiger partial charge in [-0.3, -0.25) is 4.79 Å². The molecule has 5 nitrogen and oxygen atoms in total. The Balaban J connectivity index is 3.06. The third kappa shape index (κ3) is 4.53. The van der Waals surface area contributed by atoms with E-state index < -0.39 is 45.0 Å². The quantitative estimate of drug-likeness (QED) is 0.838. The van der Waals surface area contributed by atoms with E-state index in [1.54, 1.807) is 13.8 Å². The minimum Gasteiger partial charge on any atom is -0.481 e. The van der Waals surface area contributed by atoms with Crippen LogP contribution in [0.1, 0.15) is 20.3 Å². The van der Waals surface area contributed by atoms with E-state index >= 15 is 0 Å². The Hall–Kier alpha value is -1.54. The molecule has 0 radical (unpaired) electrons. The number of halogens is 2. The summed E-state index contributed by atoms with van der Waals surface area (Å²) >= 11 is 0. The third-order valence-electron chi connectivity index (χ3n) is 2.65. The highest BCUT2D eigenvalue weighted by atomic mass is 32.2. The van der Waals surface area contributed by atoms with Crippen molar-refractivity contribution in [2.45, 2.75) is 31.2 Å². The second-order valence-electron chi connectivity index (χ2n) is 4.67. The minimum absolute atomic E-state index is 0.292. The molecule has 0 spiro atoms. The van der Waals surface area contributed by atoms with Crippen molar-refractivity contribution in [1.29, 1.82) is 0 Å². The van der Waals surface area contributed by atoms with Crippen LogP contribution in [-0.2, 0) is 14.8 Å². The lowest BCUT2D eigenvalue weighted by Gasteiger charge is -2.20. The highest BCUT2D eigenvalue weighted by molar-refractivity contribution is 7.89. The van der Waals surface area contributed by atoms with Crippen molar-refractivity contribution in [1.82, 2.24) is 4.72 Å². The molecule has 1 rings (SSSR count). The minimum atomic E-state index is -4.19. The maximum atomic E-state index is 13.0. The van der Waals surface area contributed by atoms with Gasteiger partial charge in [0.15, 0.2) is 0 Å². The fourth-order valence-electron chi connectivity index (χ4n) is 1.55. The van der Waals surface area contributed by atoms with Crippen molar-refractivity contribution in [3.05, 3.63) is 29.8 Å². The van der Waals surface area contributed by atoms with Gasteiger partial charge in [-0.25, -0.2) is 21.9 Å². The summed E-state index contributed by atoms with van der Waals surface area (Å²) in [7, 11) is -4.19. The van der Waals surface area contributed by atoms with Gasteiger partial charge in [0.25, 0.3) is 0 Å². The number of benzene rings is 1. The van der Waals surface area contributed by atoms with Gasteiger partial charge >= 0.3 is 5.97 Å². The van der Waals surface area contributed by atoms with Crippen LogP contribution in [0.3, 0.4) is 0 Å². The molecular weight excluding hydrogens is 292 g/mol. The van der Waals surface area contributed by atoms with Gasteiger partial charge in [0.2, 0.25) is 10.0 Å². The molecular formula is C12H15F2NO4S. The lowest BCUT2D eigenvalue weighted by molar-refractivity contribution is -0.137. The van der Waals surface area contributed by atoms with E-state index in [0.717, 1.165) is 0 Å². The number of carboxylic acids is 1. The number of hydrogen-bond donors (Lipinski definition) is 2. The largest absolute Gasteiger partial charge is 0.481 e. The van der Waals surface area contributed by atoms with Gasteiger partial charge in [0.1, 0.15) is 11.6 Å². The molecule has 0 heterocycles. The molecule has 1 atom stereocenters. The summed E-state index contributed by atoms with van der Waals surface area (Å²) < 4.78 is 52.2. The topological polar surface area (TPSA) is 83.5 Å². The SMILES string of the molecule is CC(C)C(CC(=O)O)NS(=O)(=O)c1cc(F)cc(F)c1. The van der Waals surface area contributed by atoms with Crippen LogP contribution in [0.25, 0.3) is 0 Å². The molecule has 0 aliphatic heterocycles. The normalized spacial score (nSPS) is 13.4. The maximum Gasteiger partial charge on any atom is 0.304 e. The molecule has 112 valence electrons.